The Morgan fingerprint density at radius 1 is 1.38 bits per heavy atom. The van der Waals surface area contributed by atoms with Crippen LogP contribution in [-0.2, 0) is 9.53 Å². The van der Waals surface area contributed by atoms with Crippen molar-refractivity contribution in [1.82, 2.24) is 0 Å². The highest BCUT2D eigenvalue weighted by atomic mass is 16.6. The van der Waals surface area contributed by atoms with Gasteiger partial charge in [-0.3, -0.25) is 4.79 Å². The number of likely N-dealkylation sites (tertiary alicyclic amines) is 1. The number of nitrogens with one attached hydrogen (secondary N) is 1. The lowest BCUT2D eigenvalue weighted by molar-refractivity contribution is -0.911. The zero-order valence-electron chi connectivity index (χ0n) is 15.5. The highest BCUT2D eigenvalue weighted by Crippen LogP contribution is 2.56. The van der Waals surface area contributed by atoms with E-state index in [9.17, 15) is 4.79 Å². The first kappa shape index (κ1) is 16.6. The summed E-state index contributed by atoms with van der Waals surface area (Å²) in [5, 5.41) is 0. The highest BCUT2D eigenvalue weighted by molar-refractivity contribution is 5.75. The van der Waals surface area contributed by atoms with Crippen molar-refractivity contribution in [2.45, 2.75) is 64.9 Å². The summed E-state index contributed by atoms with van der Waals surface area (Å²) in [4.78, 5) is 14.3. The molecule has 4 fully saturated rings. The minimum atomic E-state index is 0.101. The SMILES string of the molecule is C=C1CCC[C@@]2(C)C[C@@H]3OC(=O)[C@@H](C[NH+]4CCC[C@H](C)C4)[C@H]3C[C@H]12. The molecule has 0 bridgehead atoms. The Labute approximate surface area is 146 Å². The summed E-state index contributed by atoms with van der Waals surface area (Å²) >= 11 is 0. The Hall–Kier alpha value is -0.830. The molecular formula is C21H34NO2+. The first-order valence-electron chi connectivity index (χ1n) is 10.2. The van der Waals surface area contributed by atoms with Crippen LogP contribution >= 0.6 is 0 Å². The lowest BCUT2D eigenvalue weighted by Gasteiger charge is -2.50. The van der Waals surface area contributed by atoms with Crippen LogP contribution in [0.5, 0.6) is 0 Å². The van der Waals surface area contributed by atoms with Gasteiger partial charge < -0.3 is 9.64 Å². The van der Waals surface area contributed by atoms with Gasteiger partial charge in [-0.2, -0.15) is 0 Å². The van der Waals surface area contributed by atoms with Crippen molar-refractivity contribution in [1.29, 1.82) is 0 Å². The van der Waals surface area contributed by atoms with Gasteiger partial charge in [-0.25, -0.2) is 0 Å². The first-order chi connectivity index (χ1) is 11.5. The van der Waals surface area contributed by atoms with E-state index < -0.39 is 0 Å². The minimum Gasteiger partial charge on any atom is -0.462 e. The van der Waals surface area contributed by atoms with Crippen LogP contribution < -0.4 is 4.90 Å². The summed E-state index contributed by atoms with van der Waals surface area (Å²) in [6.45, 7) is 12.6. The fraction of sp³-hybridized carbons (Fsp3) is 0.857. The van der Waals surface area contributed by atoms with E-state index in [-0.39, 0.29) is 18.0 Å². The molecule has 134 valence electrons. The van der Waals surface area contributed by atoms with E-state index in [0.717, 1.165) is 25.3 Å². The Morgan fingerprint density at radius 3 is 3.00 bits per heavy atom. The molecule has 2 saturated heterocycles. The van der Waals surface area contributed by atoms with Crippen molar-refractivity contribution in [3.63, 3.8) is 0 Å². The van der Waals surface area contributed by atoms with Crippen molar-refractivity contribution in [2.75, 3.05) is 19.6 Å². The molecule has 0 radical (unpaired) electrons. The Kier molecular flexibility index (Phi) is 4.27. The Morgan fingerprint density at radius 2 is 2.21 bits per heavy atom. The first-order valence-corrected chi connectivity index (χ1v) is 10.2. The molecular weight excluding hydrogens is 298 g/mol. The number of rotatable bonds is 2. The number of fused-ring (bicyclic) bond motifs is 2. The van der Waals surface area contributed by atoms with Crippen molar-refractivity contribution >= 4 is 5.97 Å². The van der Waals surface area contributed by atoms with Crippen LogP contribution in [0, 0.1) is 29.1 Å². The smallest absolute Gasteiger partial charge is 0.315 e. The molecule has 2 heterocycles. The van der Waals surface area contributed by atoms with Gasteiger partial charge in [0.15, 0.2) is 0 Å². The summed E-state index contributed by atoms with van der Waals surface area (Å²) in [5.74, 6) is 2.09. The van der Waals surface area contributed by atoms with Gasteiger partial charge in [0.05, 0.1) is 19.6 Å². The van der Waals surface area contributed by atoms with Gasteiger partial charge in [-0.15, -0.1) is 0 Å². The van der Waals surface area contributed by atoms with Gasteiger partial charge in [0.25, 0.3) is 0 Å². The maximum atomic E-state index is 12.6. The molecule has 2 saturated carbocycles. The van der Waals surface area contributed by atoms with Crippen LogP contribution in [0.4, 0.5) is 0 Å². The van der Waals surface area contributed by atoms with Gasteiger partial charge in [-0.05, 0) is 56.3 Å². The third-order valence-corrected chi connectivity index (χ3v) is 7.69. The molecule has 0 spiro atoms. The van der Waals surface area contributed by atoms with E-state index in [4.69, 9.17) is 4.74 Å². The molecule has 24 heavy (non-hydrogen) atoms. The second-order valence-electron chi connectivity index (χ2n) is 9.56. The third-order valence-electron chi connectivity index (χ3n) is 7.69. The predicted molar refractivity (Wildman–Crippen MR) is 94.6 cm³/mol. The molecule has 0 aromatic heterocycles. The van der Waals surface area contributed by atoms with E-state index in [1.807, 2.05) is 0 Å². The summed E-state index contributed by atoms with van der Waals surface area (Å²) in [7, 11) is 0. The minimum absolute atomic E-state index is 0.101. The lowest BCUT2D eigenvalue weighted by Crippen LogP contribution is -3.14. The number of piperidine rings is 1. The van der Waals surface area contributed by atoms with Gasteiger partial charge in [0, 0.05) is 11.8 Å². The highest BCUT2D eigenvalue weighted by Gasteiger charge is 2.56. The van der Waals surface area contributed by atoms with Crippen molar-refractivity contribution < 1.29 is 14.4 Å². The van der Waals surface area contributed by atoms with E-state index in [2.05, 4.69) is 20.4 Å². The lowest BCUT2D eigenvalue weighted by atomic mass is 9.55. The molecule has 3 heteroatoms. The van der Waals surface area contributed by atoms with Crippen molar-refractivity contribution in [3.8, 4) is 0 Å². The van der Waals surface area contributed by atoms with E-state index in [1.165, 1.54) is 50.8 Å². The van der Waals surface area contributed by atoms with Crippen molar-refractivity contribution in [2.24, 2.45) is 29.1 Å². The Bertz CT molecular complexity index is 530. The predicted octanol–water partition coefficient (Wildman–Crippen LogP) is 2.62. The average Bonchev–Trinajstić information content (AvgIpc) is 2.80. The largest absolute Gasteiger partial charge is 0.462 e. The molecule has 7 atom stereocenters. The topological polar surface area (TPSA) is 30.7 Å². The van der Waals surface area contributed by atoms with Gasteiger partial charge in [0.2, 0.25) is 0 Å². The zero-order chi connectivity index (χ0) is 16.9. The average molecular weight is 333 g/mol. The summed E-state index contributed by atoms with van der Waals surface area (Å²) in [5.41, 5.74) is 1.76. The quantitative estimate of drug-likeness (QED) is 0.622. The van der Waals surface area contributed by atoms with Crippen LogP contribution in [-0.4, -0.2) is 31.7 Å². The Balaban J connectivity index is 1.49. The fourth-order valence-electron chi connectivity index (χ4n) is 6.38. The molecule has 0 aromatic carbocycles. The molecule has 3 nitrogen and oxygen atoms in total. The van der Waals surface area contributed by atoms with Gasteiger partial charge in [0.1, 0.15) is 12.0 Å². The molecule has 4 rings (SSSR count). The maximum Gasteiger partial charge on any atom is 0.315 e. The second-order valence-corrected chi connectivity index (χ2v) is 9.56. The van der Waals surface area contributed by atoms with Crippen LogP contribution in [0.3, 0.4) is 0 Å². The summed E-state index contributed by atoms with van der Waals surface area (Å²) in [6, 6.07) is 0. The van der Waals surface area contributed by atoms with Gasteiger partial charge >= 0.3 is 5.97 Å². The number of carbonyl (C=O) groups is 1. The number of ether oxygens (including phenoxy) is 1. The molecule has 0 amide bonds. The molecule has 4 aliphatic rings. The third kappa shape index (κ3) is 2.83. The standard InChI is InChI=1S/C21H33NO2/c1-14-6-5-9-22(12-14)13-17-16-10-18-15(2)7-4-8-21(18,3)11-19(16)24-20(17)23/h14,16-19H,2,4-13H2,1,3H3/p+1/t14-,16+,17-,18+,19-,21-/m0/s1. The van der Waals surface area contributed by atoms with E-state index >= 15 is 0 Å². The molecule has 2 aliphatic carbocycles. The van der Waals surface area contributed by atoms with Crippen molar-refractivity contribution in [3.05, 3.63) is 12.2 Å². The van der Waals surface area contributed by atoms with Crippen LogP contribution in [0.2, 0.25) is 0 Å². The molecule has 1 N–H and O–H groups in total. The molecule has 2 aliphatic heterocycles. The molecule has 0 aromatic rings. The molecule has 1 unspecified atom stereocenters. The normalized spacial score (nSPS) is 48.6. The maximum absolute atomic E-state index is 12.6. The van der Waals surface area contributed by atoms with Crippen LogP contribution in [0.1, 0.15) is 58.8 Å². The van der Waals surface area contributed by atoms with Crippen LogP contribution in [0.15, 0.2) is 12.2 Å². The number of allylic oxidation sites excluding steroid dienone is 1. The monoisotopic (exact) mass is 332 g/mol. The summed E-state index contributed by atoms with van der Waals surface area (Å²) in [6.07, 6.45) is 8.76. The number of esters is 1. The number of carbonyl (C=O) groups excluding carboxylic acids is 1. The second kappa shape index (κ2) is 6.16. The number of hydrogen-bond donors (Lipinski definition) is 1. The summed E-state index contributed by atoms with van der Waals surface area (Å²) < 4.78 is 5.91. The van der Waals surface area contributed by atoms with E-state index in [0.29, 0.717) is 17.3 Å². The number of hydrogen-bond acceptors (Lipinski definition) is 2. The fourth-order valence-corrected chi connectivity index (χ4v) is 6.38. The van der Waals surface area contributed by atoms with Gasteiger partial charge in [-0.1, -0.05) is 26.0 Å². The van der Waals surface area contributed by atoms with Crippen LogP contribution in [0.25, 0.3) is 0 Å². The zero-order valence-corrected chi connectivity index (χ0v) is 15.5. The van der Waals surface area contributed by atoms with E-state index in [1.54, 1.807) is 4.90 Å². The number of quaternary nitrogens is 1.